The van der Waals surface area contributed by atoms with Gasteiger partial charge in [-0.3, -0.25) is 19.3 Å². The van der Waals surface area contributed by atoms with Crippen molar-refractivity contribution in [1.82, 2.24) is 20.5 Å². The van der Waals surface area contributed by atoms with Crippen LogP contribution in [-0.2, 0) is 33.8 Å². The van der Waals surface area contributed by atoms with Crippen LogP contribution in [0.15, 0.2) is 91.1 Å². The van der Waals surface area contributed by atoms with E-state index in [1.807, 2.05) is 85.1 Å². The van der Waals surface area contributed by atoms with Crippen molar-refractivity contribution in [2.45, 2.75) is 50.4 Å². The lowest BCUT2D eigenvalue weighted by Crippen LogP contribution is -2.56. The van der Waals surface area contributed by atoms with Crippen molar-refractivity contribution in [2.24, 2.45) is 5.73 Å². The molecule has 3 amide bonds. The summed E-state index contributed by atoms with van der Waals surface area (Å²) in [6.07, 6.45) is 4.18. The van der Waals surface area contributed by atoms with Crippen LogP contribution in [0.5, 0.6) is 0 Å². The Kier molecular flexibility index (Phi) is 8.56. The molecule has 2 heterocycles. The lowest BCUT2D eigenvalue weighted by Gasteiger charge is -2.27. The summed E-state index contributed by atoms with van der Waals surface area (Å²) in [6.45, 7) is 1.44. The van der Waals surface area contributed by atoms with Crippen LogP contribution in [0, 0.1) is 0 Å². The Morgan fingerprint density at radius 3 is 2.15 bits per heavy atom. The van der Waals surface area contributed by atoms with Crippen LogP contribution in [0.25, 0.3) is 10.9 Å². The van der Waals surface area contributed by atoms with Crippen molar-refractivity contribution in [1.29, 1.82) is 0 Å². The molecule has 8 heteroatoms. The second kappa shape index (κ2) is 12.6. The standard InChI is InChI=1S/C32H35N5O3/c33-30(38)27(18-22-10-3-1-4-11-22)35-31(39)28(19-23-12-5-2-6-13-23)36-32(40)29-16-9-17-37(29)21-24-20-34-26-15-8-7-14-25(24)26/h1-8,10-15,20,27-29,34H,9,16-19,21H2,(H2,33,38)(H,35,39)(H,36,40)/t27-,28-,29-/m0/s1. The number of fused-ring (bicyclic) bond motifs is 1. The predicted molar refractivity (Wildman–Crippen MR) is 155 cm³/mol. The fourth-order valence-corrected chi connectivity index (χ4v) is 5.47. The van der Waals surface area contributed by atoms with Gasteiger partial charge in [-0.25, -0.2) is 0 Å². The Morgan fingerprint density at radius 2 is 1.48 bits per heavy atom. The number of likely N-dealkylation sites (tertiary alicyclic amines) is 1. The number of hydrogen-bond acceptors (Lipinski definition) is 4. The first-order valence-corrected chi connectivity index (χ1v) is 13.7. The van der Waals surface area contributed by atoms with Crippen molar-refractivity contribution in [2.75, 3.05) is 6.54 Å². The molecule has 3 aromatic carbocycles. The third kappa shape index (κ3) is 6.58. The summed E-state index contributed by atoms with van der Waals surface area (Å²) in [5.74, 6) is -1.24. The highest BCUT2D eigenvalue weighted by atomic mass is 16.2. The van der Waals surface area contributed by atoms with Gasteiger partial charge in [0.15, 0.2) is 0 Å². The maximum atomic E-state index is 13.6. The minimum atomic E-state index is -0.894. The molecule has 1 aromatic heterocycles. The fraction of sp³-hybridized carbons (Fsp3) is 0.281. The number of nitrogens with two attached hydrogens (primary N) is 1. The zero-order chi connectivity index (χ0) is 27.9. The highest BCUT2D eigenvalue weighted by Gasteiger charge is 2.34. The number of H-pyrrole nitrogens is 1. The number of benzene rings is 3. The number of aromatic nitrogens is 1. The van der Waals surface area contributed by atoms with E-state index < -0.39 is 23.9 Å². The van der Waals surface area contributed by atoms with Crippen molar-refractivity contribution in [3.63, 3.8) is 0 Å². The molecule has 0 aliphatic carbocycles. The largest absolute Gasteiger partial charge is 0.368 e. The van der Waals surface area contributed by atoms with Crippen LogP contribution in [-0.4, -0.2) is 52.3 Å². The lowest BCUT2D eigenvalue weighted by atomic mass is 10.0. The maximum Gasteiger partial charge on any atom is 0.243 e. The number of hydrogen-bond donors (Lipinski definition) is 4. The van der Waals surface area contributed by atoms with Gasteiger partial charge in [0.25, 0.3) is 0 Å². The van der Waals surface area contributed by atoms with Gasteiger partial charge in [0.2, 0.25) is 17.7 Å². The highest BCUT2D eigenvalue weighted by Crippen LogP contribution is 2.25. The molecule has 1 aliphatic rings. The normalized spacial score (nSPS) is 16.9. The van der Waals surface area contributed by atoms with Crippen LogP contribution in [0.4, 0.5) is 0 Å². The van der Waals surface area contributed by atoms with E-state index in [2.05, 4.69) is 26.6 Å². The molecular formula is C32H35N5O3. The Balaban J connectivity index is 1.30. The van der Waals surface area contributed by atoms with E-state index in [0.29, 0.717) is 19.4 Å². The zero-order valence-electron chi connectivity index (χ0n) is 22.4. The summed E-state index contributed by atoms with van der Waals surface area (Å²) < 4.78 is 0. The Bertz CT molecular complexity index is 1450. The minimum Gasteiger partial charge on any atom is -0.368 e. The van der Waals surface area contributed by atoms with Gasteiger partial charge >= 0.3 is 0 Å². The number of nitrogens with one attached hydrogen (secondary N) is 3. The van der Waals surface area contributed by atoms with Gasteiger partial charge in [-0.1, -0.05) is 78.9 Å². The monoisotopic (exact) mass is 537 g/mol. The number of aromatic amines is 1. The number of para-hydroxylation sites is 1. The zero-order valence-corrected chi connectivity index (χ0v) is 22.4. The second-order valence-electron chi connectivity index (χ2n) is 10.4. The molecule has 0 unspecified atom stereocenters. The van der Waals surface area contributed by atoms with Crippen LogP contribution >= 0.6 is 0 Å². The highest BCUT2D eigenvalue weighted by molar-refractivity contribution is 5.93. The first kappa shape index (κ1) is 27.1. The molecule has 1 saturated heterocycles. The molecule has 40 heavy (non-hydrogen) atoms. The van der Waals surface area contributed by atoms with Gasteiger partial charge in [0.05, 0.1) is 6.04 Å². The minimum absolute atomic E-state index is 0.188. The second-order valence-corrected chi connectivity index (χ2v) is 10.4. The molecule has 206 valence electrons. The molecule has 0 radical (unpaired) electrons. The number of carbonyl (C=O) groups is 3. The van der Waals surface area contributed by atoms with Crippen molar-refractivity contribution in [3.05, 3.63) is 108 Å². The summed E-state index contributed by atoms with van der Waals surface area (Å²) in [5.41, 5.74) is 9.65. The molecule has 1 aliphatic heterocycles. The Labute approximate surface area is 233 Å². The number of nitrogens with zero attached hydrogens (tertiary/aromatic N) is 1. The van der Waals surface area contributed by atoms with E-state index in [1.54, 1.807) is 0 Å². The van der Waals surface area contributed by atoms with Crippen LogP contribution < -0.4 is 16.4 Å². The first-order chi connectivity index (χ1) is 19.5. The first-order valence-electron chi connectivity index (χ1n) is 13.7. The summed E-state index contributed by atoms with van der Waals surface area (Å²) >= 11 is 0. The molecule has 5 rings (SSSR count). The summed E-state index contributed by atoms with van der Waals surface area (Å²) in [7, 11) is 0. The third-order valence-electron chi connectivity index (χ3n) is 7.57. The molecule has 8 nitrogen and oxygen atoms in total. The molecule has 4 aromatic rings. The molecule has 0 spiro atoms. The Hall–Kier alpha value is -4.43. The van der Waals surface area contributed by atoms with E-state index >= 15 is 0 Å². The van der Waals surface area contributed by atoms with Gasteiger partial charge in [-0.15, -0.1) is 0 Å². The lowest BCUT2D eigenvalue weighted by molar-refractivity contribution is -0.133. The third-order valence-corrected chi connectivity index (χ3v) is 7.57. The molecule has 5 N–H and O–H groups in total. The summed E-state index contributed by atoms with van der Waals surface area (Å²) in [4.78, 5) is 44.9. The average Bonchev–Trinajstić information content (AvgIpc) is 3.61. The van der Waals surface area contributed by atoms with E-state index in [1.165, 1.54) is 0 Å². The van der Waals surface area contributed by atoms with Crippen LogP contribution in [0.2, 0.25) is 0 Å². The molecule has 3 atom stereocenters. The van der Waals surface area contributed by atoms with E-state index in [-0.39, 0.29) is 18.4 Å². The molecular weight excluding hydrogens is 502 g/mol. The van der Waals surface area contributed by atoms with Crippen LogP contribution in [0.3, 0.4) is 0 Å². The summed E-state index contributed by atoms with van der Waals surface area (Å²) in [6, 6.07) is 25.0. The number of primary amides is 1. The smallest absolute Gasteiger partial charge is 0.243 e. The maximum absolute atomic E-state index is 13.6. The quantitative estimate of drug-likeness (QED) is 0.235. The van der Waals surface area contributed by atoms with Gasteiger partial charge in [0, 0.05) is 36.5 Å². The van der Waals surface area contributed by atoms with Crippen LogP contribution in [0.1, 0.15) is 29.5 Å². The number of amides is 3. The molecule has 0 bridgehead atoms. The van der Waals surface area contributed by atoms with Gasteiger partial charge in [0.1, 0.15) is 12.1 Å². The average molecular weight is 538 g/mol. The fourth-order valence-electron chi connectivity index (χ4n) is 5.47. The predicted octanol–water partition coefficient (Wildman–Crippen LogP) is 3.07. The van der Waals surface area contributed by atoms with Crippen molar-refractivity contribution in [3.8, 4) is 0 Å². The van der Waals surface area contributed by atoms with Crippen molar-refractivity contribution >= 4 is 28.6 Å². The Morgan fingerprint density at radius 1 is 0.850 bits per heavy atom. The summed E-state index contributed by atoms with van der Waals surface area (Å²) in [5, 5.41) is 6.96. The van der Waals surface area contributed by atoms with Gasteiger partial charge < -0.3 is 21.4 Å². The topological polar surface area (TPSA) is 120 Å². The number of carbonyl (C=O) groups excluding carboxylic acids is 3. The van der Waals surface area contributed by atoms with Gasteiger partial charge in [-0.2, -0.15) is 0 Å². The molecule has 0 saturated carbocycles. The van der Waals surface area contributed by atoms with Gasteiger partial charge in [-0.05, 0) is 42.1 Å². The van der Waals surface area contributed by atoms with Crippen molar-refractivity contribution < 1.29 is 14.4 Å². The molecule has 1 fully saturated rings. The van der Waals surface area contributed by atoms with E-state index in [9.17, 15) is 14.4 Å². The SMILES string of the molecule is NC(=O)[C@H](Cc1ccccc1)NC(=O)[C@H](Cc1ccccc1)NC(=O)[C@@H]1CCCN1Cc1c[nH]c2ccccc12. The van der Waals surface area contributed by atoms with E-state index in [4.69, 9.17) is 5.73 Å². The number of rotatable bonds is 11. The van der Waals surface area contributed by atoms with E-state index in [0.717, 1.165) is 40.6 Å².